The van der Waals surface area contributed by atoms with Crippen molar-refractivity contribution in [1.29, 1.82) is 0 Å². The van der Waals surface area contributed by atoms with Gasteiger partial charge in [0.05, 0.1) is 0 Å². The zero-order chi connectivity index (χ0) is 20.9. The SMILES string of the molecule is CCCCc1cnc(-c2ccc3c(F)c(CCc4ccc(F)cc4)ccc3c2)nc1. The highest BCUT2D eigenvalue weighted by atomic mass is 19.1. The second-order valence-corrected chi connectivity index (χ2v) is 7.62. The number of halogens is 2. The first kappa shape index (κ1) is 20.1. The summed E-state index contributed by atoms with van der Waals surface area (Å²) >= 11 is 0. The molecule has 1 aromatic heterocycles. The molecule has 0 N–H and O–H groups in total. The van der Waals surface area contributed by atoms with Crippen molar-refractivity contribution < 1.29 is 8.78 Å². The Hall–Kier alpha value is -3.14. The summed E-state index contributed by atoms with van der Waals surface area (Å²) < 4.78 is 28.1. The number of unbranched alkanes of at least 4 members (excludes halogenated alkanes) is 1. The summed E-state index contributed by atoms with van der Waals surface area (Å²) in [5.74, 6) is 0.195. The van der Waals surface area contributed by atoms with Crippen LogP contribution in [0.4, 0.5) is 8.78 Å². The van der Waals surface area contributed by atoms with Crippen molar-refractivity contribution >= 4 is 10.8 Å². The van der Waals surface area contributed by atoms with Gasteiger partial charge in [-0.15, -0.1) is 0 Å². The molecule has 0 bridgehead atoms. The van der Waals surface area contributed by atoms with E-state index in [2.05, 4.69) is 16.9 Å². The van der Waals surface area contributed by atoms with Crippen LogP contribution >= 0.6 is 0 Å². The number of aryl methyl sites for hydroxylation is 3. The monoisotopic (exact) mass is 402 g/mol. The van der Waals surface area contributed by atoms with Gasteiger partial charge in [0, 0.05) is 23.3 Å². The minimum Gasteiger partial charge on any atom is -0.236 e. The predicted octanol–water partition coefficient (Wildman–Crippen LogP) is 6.70. The fourth-order valence-electron chi connectivity index (χ4n) is 3.61. The molecular weight excluding hydrogens is 378 g/mol. The van der Waals surface area contributed by atoms with E-state index in [9.17, 15) is 4.39 Å². The highest BCUT2D eigenvalue weighted by Gasteiger charge is 2.10. The van der Waals surface area contributed by atoms with E-state index in [0.717, 1.165) is 41.3 Å². The van der Waals surface area contributed by atoms with Crippen molar-refractivity contribution in [2.75, 3.05) is 0 Å². The molecule has 0 unspecified atom stereocenters. The van der Waals surface area contributed by atoms with Crippen molar-refractivity contribution in [3.8, 4) is 11.4 Å². The summed E-state index contributed by atoms with van der Waals surface area (Å²) in [4.78, 5) is 8.97. The Morgan fingerprint density at radius 2 is 1.53 bits per heavy atom. The zero-order valence-corrected chi connectivity index (χ0v) is 17.0. The molecule has 1 heterocycles. The maximum Gasteiger partial charge on any atom is 0.159 e. The smallest absolute Gasteiger partial charge is 0.159 e. The number of fused-ring (bicyclic) bond motifs is 1. The molecular formula is C26H24F2N2. The highest BCUT2D eigenvalue weighted by Crippen LogP contribution is 2.26. The van der Waals surface area contributed by atoms with Crippen molar-refractivity contribution in [2.24, 2.45) is 0 Å². The average Bonchev–Trinajstić information content (AvgIpc) is 2.78. The summed E-state index contributed by atoms with van der Waals surface area (Å²) in [5.41, 5.74) is 3.67. The predicted molar refractivity (Wildman–Crippen MR) is 117 cm³/mol. The molecule has 0 saturated carbocycles. The average molecular weight is 402 g/mol. The number of benzene rings is 3. The number of hydrogen-bond donors (Lipinski definition) is 0. The van der Waals surface area contributed by atoms with Gasteiger partial charge in [-0.1, -0.05) is 49.7 Å². The Bertz CT molecular complexity index is 1140. The first-order valence-electron chi connectivity index (χ1n) is 10.4. The van der Waals surface area contributed by atoms with Crippen LogP contribution < -0.4 is 0 Å². The molecule has 0 aliphatic carbocycles. The quantitative estimate of drug-likeness (QED) is 0.344. The molecule has 152 valence electrons. The van der Waals surface area contributed by atoms with E-state index in [1.165, 1.54) is 12.1 Å². The van der Waals surface area contributed by atoms with Crippen molar-refractivity contribution in [1.82, 2.24) is 9.97 Å². The normalized spacial score (nSPS) is 11.2. The number of rotatable bonds is 7. The van der Waals surface area contributed by atoms with Gasteiger partial charge in [-0.25, -0.2) is 18.7 Å². The maximum atomic E-state index is 15.1. The van der Waals surface area contributed by atoms with E-state index in [1.807, 2.05) is 36.7 Å². The van der Waals surface area contributed by atoms with Crippen molar-refractivity contribution in [3.63, 3.8) is 0 Å². The number of aromatic nitrogens is 2. The molecule has 4 aromatic rings. The standard InChI is InChI=1S/C26H24F2N2/c1-2-3-4-19-16-29-26(30-17-19)22-11-14-24-21(15-22)10-9-20(25(24)28)8-5-18-6-12-23(27)13-7-18/h6-7,9-17H,2-5,8H2,1H3. The third-order valence-corrected chi connectivity index (χ3v) is 5.41. The van der Waals surface area contributed by atoms with E-state index in [1.54, 1.807) is 18.2 Å². The molecule has 3 aromatic carbocycles. The molecule has 4 heteroatoms. The first-order chi connectivity index (χ1) is 14.6. The Morgan fingerprint density at radius 1 is 0.767 bits per heavy atom. The minimum absolute atomic E-state index is 0.197. The molecule has 0 saturated heterocycles. The second kappa shape index (κ2) is 9.12. The van der Waals surface area contributed by atoms with Crippen LogP contribution in [-0.2, 0) is 19.3 Å². The lowest BCUT2D eigenvalue weighted by Gasteiger charge is -2.09. The van der Waals surface area contributed by atoms with Gasteiger partial charge in [-0.05, 0) is 66.0 Å². The lowest BCUT2D eigenvalue weighted by Crippen LogP contribution is -1.97. The lowest BCUT2D eigenvalue weighted by molar-refractivity contribution is 0.619. The Labute approximate surface area is 175 Å². The Balaban J connectivity index is 1.54. The summed E-state index contributed by atoms with van der Waals surface area (Å²) in [5, 5.41) is 1.42. The molecule has 0 radical (unpaired) electrons. The molecule has 2 nitrogen and oxygen atoms in total. The van der Waals surface area contributed by atoms with Crippen LogP contribution in [0.15, 0.2) is 67.0 Å². The molecule has 0 aliphatic rings. The second-order valence-electron chi connectivity index (χ2n) is 7.62. The van der Waals surface area contributed by atoms with Crippen LogP contribution in [0, 0.1) is 11.6 Å². The van der Waals surface area contributed by atoms with Gasteiger partial charge < -0.3 is 0 Å². The minimum atomic E-state index is -0.258. The largest absolute Gasteiger partial charge is 0.236 e. The van der Waals surface area contributed by atoms with Gasteiger partial charge in [0.1, 0.15) is 11.6 Å². The summed E-state index contributed by atoms with van der Waals surface area (Å²) in [7, 11) is 0. The number of hydrogen-bond acceptors (Lipinski definition) is 2. The van der Waals surface area contributed by atoms with Crippen LogP contribution in [0.5, 0.6) is 0 Å². The van der Waals surface area contributed by atoms with E-state index in [4.69, 9.17) is 0 Å². The fourth-order valence-corrected chi connectivity index (χ4v) is 3.61. The van der Waals surface area contributed by atoms with Crippen LogP contribution in [0.25, 0.3) is 22.2 Å². The fraction of sp³-hybridized carbons (Fsp3) is 0.231. The van der Waals surface area contributed by atoms with E-state index >= 15 is 4.39 Å². The molecule has 0 atom stereocenters. The van der Waals surface area contributed by atoms with Gasteiger partial charge in [0.15, 0.2) is 5.82 Å². The summed E-state index contributed by atoms with van der Waals surface area (Å²) in [6.45, 7) is 2.16. The van der Waals surface area contributed by atoms with Gasteiger partial charge in [-0.3, -0.25) is 0 Å². The highest BCUT2D eigenvalue weighted by molar-refractivity contribution is 5.87. The van der Waals surface area contributed by atoms with Gasteiger partial charge in [0.25, 0.3) is 0 Å². The van der Waals surface area contributed by atoms with Gasteiger partial charge >= 0.3 is 0 Å². The zero-order valence-electron chi connectivity index (χ0n) is 17.0. The van der Waals surface area contributed by atoms with Gasteiger partial charge in [-0.2, -0.15) is 0 Å². The van der Waals surface area contributed by atoms with Crippen molar-refractivity contribution in [2.45, 2.75) is 39.0 Å². The maximum absolute atomic E-state index is 15.1. The molecule has 0 aliphatic heterocycles. The Kier molecular flexibility index (Phi) is 6.12. The first-order valence-corrected chi connectivity index (χ1v) is 10.4. The van der Waals surface area contributed by atoms with E-state index < -0.39 is 0 Å². The van der Waals surface area contributed by atoms with Crippen LogP contribution in [0.3, 0.4) is 0 Å². The summed E-state index contributed by atoms with van der Waals surface area (Å²) in [6, 6.07) is 15.7. The van der Waals surface area contributed by atoms with Crippen LogP contribution in [0.2, 0.25) is 0 Å². The van der Waals surface area contributed by atoms with Crippen LogP contribution in [0.1, 0.15) is 36.5 Å². The molecule has 0 fully saturated rings. The van der Waals surface area contributed by atoms with E-state index in [-0.39, 0.29) is 11.6 Å². The molecule has 0 amide bonds. The molecule has 4 rings (SSSR count). The Morgan fingerprint density at radius 3 is 2.27 bits per heavy atom. The lowest BCUT2D eigenvalue weighted by atomic mass is 9.99. The van der Waals surface area contributed by atoms with Gasteiger partial charge in [0.2, 0.25) is 0 Å². The number of nitrogens with zero attached hydrogens (tertiary/aromatic N) is 2. The molecule has 30 heavy (non-hydrogen) atoms. The third-order valence-electron chi connectivity index (χ3n) is 5.41. The van der Waals surface area contributed by atoms with Crippen LogP contribution in [-0.4, -0.2) is 9.97 Å². The van der Waals surface area contributed by atoms with Crippen molar-refractivity contribution in [3.05, 3.63) is 95.3 Å². The van der Waals surface area contributed by atoms with E-state index in [0.29, 0.717) is 29.6 Å². The third kappa shape index (κ3) is 4.54. The topological polar surface area (TPSA) is 25.8 Å². The summed E-state index contributed by atoms with van der Waals surface area (Å²) in [6.07, 6.45) is 8.24. The molecule has 0 spiro atoms.